The number of rotatable bonds is 6. The van der Waals surface area contributed by atoms with Crippen LogP contribution < -0.4 is 0 Å². The second-order valence-electron chi connectivity index (χ2n) is 5.26. The summed E-state index contributed by atoms with van der Waals surface area (Å²) in [4.78, 5) is 0.824. The minimum absolute atomic E-state index is 0.0843. The molecule has 0 amide bonds. The van der Waals surface area contributed by atoms with Crippen LogP contribution in [0.3, 0.4) is 0 Å². The number of sulfone groups is 1. The van der Waals surface area contributed by atoms with Crippen LogP contribution in [0.5, 0.6) is 5.75 Å². The molecule has 0 bridgehead atoms. The summed E-state index contributed by atoms with van der Waals surface area (Å²) in [6.45, 7) is 4.24. The van der Waals surface area contributed by atoms with Gasteiger partial charge in [0.25, 0.3) is 0 Å². The number of benzene rings is 1. The second kappa shape index (κ2) is 6.75. The zero-order valence-electron chi connectivity index (χ0n) is 12.9. The molecule has 2 rings (SSSR count). The van der Waals surface area contributed by atoms with Crippen molar-refractivity contribution in [2.45, 2.75) is 31.0 Å². The maximum absolute atomic E-state index is 11.3. The summed E-state index contributed by atoms with van der Waals surface area (Å²) in [6.07, 6.45) is 1.23. The van der Waals surface area contributed by atoms with E-state index in [1.165, 1.54) is 6.26 Å². The van der Waals surface area contributed by atoms with E-state index in [2.05, 4.69) is 5.10 Å². The van der Waals surface area contributed by atoms with Crippen LogP contribution in [0.25, 0.3) is 0 Å². The lowest BCUT2D eigenvalue weighted by molar-refractivity contribution is 0.462. The standard InChI is InChI=1S/C15H20N2O3S2/c1-11-13(10-21-15-7-5-4-6-14(15)18)12(2)17(16-11)8-9-22(3,19)20/h4-7,18H,8-10H2,1-3H3. The Morgan fingerprint density at radius 3 is 2.59 bits per heavy atom. The summed E-state index contributed by atoms with van der Waals surface area (Å²) in [5.74, 6) is 1.04. The molecule has 7 heteroatoms. The molecule has 0 saturated carbocycles. The molecule has 1 aromatic carbocycles. The summed E-state index contributed by atoms with van der Waals surface area (Å²) in [5, 5.41) is 14.2. The molecule has 0 aliphatic rings. The van der Waals surface area contributed by atoms with E-state index >= 15 is 0 Å². The molecular weight excluding hydrogens is 320 g/mol. The van der Waals surface area contributed by atoms with Crippen molar-refractivity contribution in [2.75, 3.05) is 12.0 Å². The fourth-order valence-corrected chi connectivity index (χ4v) is 3.75. The third kappa shape index (κ3) is 4.27. The topological polar surface area (TPSA) is 72.2 Å². The number of thioether (sulfide) groups is 1. The Morgan fingerprint density at radius 1 is 1.27 bits per heavy atom. The summed E-state index contributed by atoms with van der Waals surface area (Å²) < 4.78 is 24.3. The van der Waals surface area contributed by atoms with Gasteiger partial charge in [-0.3, -0.25) is 4.68 Å². The third-order valence-corrected chi connectivity index (χ3v) is 5.46. The Kier molecular flexibility index (Phi) is 5.18. The van der Waals surface area contributed by atoms with Gasteiger partial charge < -0.3 is 5.11 Å². The van der Waals surface area contributed by atoms with Gasteiger partial charge in [0.2, 0.25) is 0 Å². The highest BCUT2D eigenvalue weighted by molar-refractivity contribution is 7.98. The fourth-order valence-electron chi connectivity index (χ4n) is 2.14. The van der Waals surface area contributed by atoms with Gasteiger partial charge in [-0.2, -0.15) is 5.10 Å². The lowest BCUT2D eigenvalue weighted by Crippen LogP contribution is -2.13. The van der Waals surface area contributed by atoms with Gasteiger partial charge >= 0.3 is 0 Å². The Bertz CT molecular complexity index is 767. The molecule has 2 aromatic rings. The maximum Gasteiger partial charge on any atom is 0.149 e. The molecule has 0 fully saturated rings. The average molecular weight is 340 g/mol. The highest BCUT2D eigenvalue weighted by Crippen LogP contribution is 2.31. The van der Waals surface area contributed by atoms with Crippen LogP contribution >= 0.6 is 11.8 Å². The van der Waals surface area contributed by atoms with Gasteiger partial charge in [0.15, 0.2) is 0 Å². The molecule has 0 unspecified atom stereocenters. The molecule has 0 spiro atoms. The van der Waals surface area contributed by atoms with Crippen LogP contribution in [0.4, 0.5) is 0 Å². The van der Waals surface area contributed by atoms with E-state index in [1.807, 2.05) is 26.0 Å². The predicted molar refractivity (Wildman–Crippen MR) is 89.1 cm³/mol. The third-order valence-electron chi connectivity index (χ3n) is 3.44. The van der Waals surface area contributed by atoms with E-state index in [0.717, 1.165) is 21.8 Å². The van der Waals surface area contributed by atoms with Crippen molar-refractivity contribution in [3.63, 3.8) is 0 Å². The van der Waals surface area contributed by atoms with Crippen LogP contribution in [-0.4, -0.2) is 35.3 Å². The summed E-state index contributed by atoms with van der Waals surface area (Å²) in [5.41, 5.74) is 2.96. The largest absolute Gasteiger partial charge is 0.507 e. The van der Waals surface area contributed by atoms with Gasteiger partial charge in [0.1, 0.15) is 15.6 Å². The number of phenolic OH excluding ortho intramolecular Hbond substituents is 1. The number of hydrogen-bond acceptors (Lipinski definition) is 5. The molecule has 1 N–H and O–H groups in total. The fraction of sp³-hybridized carbons (Fsp3) is 0.400. The average Bonchev–Trinajstić information content (AvgIpc) is 2.70. The molecule has 0 aliphatic carbocycles. The molecule has 22 heavy (non-hydrogen) atoms. The second-order valence-corrected chi connectivity index (χ2v) is 8.54. The number of aromatic hydroxyl groups is 1. The van der Waals surface area contributed by atoms with Crippen LogP contribution in [0.1, 0.15) is 17.0 Å². The summed E-state index contributed by atoms with van der Waals surface area (Å²) >= 11 is 1.54. The quantitative estimate of drug-likeness (QED) is 0.818. The van der Waals surface area contributed by atoms with E-state index in [1.54, 1.807) is 28.6 Å². The first-order chi connectivity index (χ1) is 10.3. The van der Waals surface area contributed by atoms with Crippen molar-refractivity contribution in [3.8, 4) is 5.75 Å². The summed E-state index contributed by atoms with van der Waals surface area (Å²) in [6, 6.07) is 7.22. The Morgan fingerprint density at radius 2 is 1.95 bits per heavy atom. The molecule has 0 radical (unpaired) electrons. The van der Waals surface area contributed by atoms with Gasteiger partial charge in [0, 0.05) is 28.2 Å². The molecule has 5 nitrogen and oxygen atoms in total. The van der Waals surface area contributed by atoms with E-state index in [-0.39, 0.29) is 11.5 Å². The van der Waals surface area contributed by atoms with Gasteiger partial charge in [0.05, 0.1) is 18.0 Å². The number of aromatic nitrogens is 2. The van der Waals surface area contributed by atoms with Crippen LogP contribution in [0, 0.1) is 13.8 Å². The minimum atomic E-state index is -3.00. The molecule has 1 heterocycles. The van der Waals surface area contributed by atoms with Gasteiger partial charge in [-0.15, -0.1) is 11.8 Å². The monoisotopic (exact) mass is 340 g/mol. The van der Waals surface area contributed by atoms with Crippen molar-refractivity contribution in [1.29, 1.82) is 0 Å². The Labute approximate surface area is 135 Å². The molecule has 0 saturated heterocycles. The highest BCUT2D eigenvalue weighted by atomic mass is 32.2. The highest BCUT2D eigenvalue weighted by Gasteiger charge is 2.14. The van der Waals surface area contributed by atoms with Gasteiger partial charge in [-0.1, -0.05) is 12.1 Å². The van der Waals surface area contributed by atoms with Crippen molar-refractivity contribution >= 4 is 21.6 Å². The van der Waals surface area contributed by atoms with Crippen molar-refractivity contribution in [1.82, 2.24) is 9.78 Å². The van der Waals surface area contributed by atoms with E-state index < -0.39 is 9.84 Å². The van der Waals surface area contributed by atoms with Crippen LogP contribution in [-0.2, 0) is 22.1 Å². The first-order valence-electron chi connectivity index (χ1n) is 6.89. The molecule has 0 atom stereocenters. The lowest BCUT2D eigenvalue weighted by Gasteiger charge is -2.06. The van der Waals surface area contributed by atoms with Gasteiger partial charge in [-0.05, 0) is 26.0 Å². The zero-order valence-corrected chi connectivity index (χ0v) is 14.5. The molecule has 0 aliphatic heterocycles. The number of phenols is 1. The van der Waals surface area contributed by atoms with Crippen LogP contribution in [0.2, 0.25) is 0 Å². The lowest BCUT2D eigenvalue weighted by atomic mass is 10.2. The van der Waals surface area contributed by atoms with Crippen molar-refractivity contribution < 1.29 is 13.5 Å². The first kappa shape index (κ1) is 16.9. The first-order valence-corrected chi connectivity index (χ1v) is 9.94. The maximum atomic E-state index is 11.3. The zero-order chi connectivity index (χ0) is 16.3. The van der Waals surface area contributed by atoms with Crippen molar-refractivity contribution in [3.05, 3.63) is 41.2 Å². The molecule has 1 aromatic heterocycles. The number of hydrogen-bond donors (Lipinski definition) is 1. The van der Waals surface area contributed by atoms with Crippen LogP contribution in [0.15, 0.2) is 29.2 Å². The number of nitrogens with zero attached hydrogens (tertiary/aromatic N) is 2. The van der Waals surface area contributed by atoms with E-state index in [4.69, 9.17) is 0 Å². The minimum Gasteiger partial charge on any atom is -0.507 e. The summed E-state index contributed by atoms with van der Waals surface area (Å²) in [7, 11) is -3.00. The molecule has 120 valence electrons. The Balaban J connectivity index is 2.12. The van der Waals surface area contributed by atoms with E-state index in [9.17, 15) is 13.5 Å². The van der Waals surface area contributed by atoms with E-state index in [0.29, 0.717) is 12.3 Å². The van der Waals surface area contributed by atoms with Gasteiger partial charge in [-0.25, -0.2) is 8.42 Å². The SMILES string of the molecule is Cc1nn(CCS(C)(=O)=O)c(C)c1CSc1ccccc1O. The van der Waals surface area contributed by atoms with Crippen molar-refractivity contribution in [2.24, 2.45) is 0 Å². The molecular formula is C15H20N2O3S2. The number of aryl methyl sites for hydroxylation is 2. The Hall–Kier alpha value is -1.47. The predicted octanol–water partition coefficient (Wildman–Crippen LogP) is 2.54. The normalized spacial score (nSPS) is 11.8. The number of para-hydroxylation sites is 1. The smallest absolute Gasteiger partial charge is 0.149 e.